The van der Waals surface area contributed by atoms with Crippen molar-refractivity contribution in [2.24, 2.45) is 0 Å². The van der Waals surface area contributed by atoms with Crippen molar-refractivity contribution in [1.29, 1.82) is 0 Å². The molecule has 0 aliphatic carbocycles. The molecule has 26 heavy (non-hydrogen) atoms. The lowest BCUT2D eigenvalue weighted by Gasteiger charge is -2.06. The smallest absolute Gasteiger partial charge is 0.228 e. The van der Waals surface area contributed by atoms with E-state index in [0.717, 1.165) is 39.0 Å². The molecule has 0 saturated heterocycles. The zero-order chi connectivity index (χ0) is 18.1. The Labute approximate surface area is 154 Å². The second-order valence-electron chi connectivity index (χ2n) is 6.02. The lowest BCUT2D eigenvalue weighted by molar-refractivity contribution is -0.115. The molecule has 2 aromatic carbocycles. The monoisotopic (exact) mass is 364 g/mol. The maximum Gasteiger partial charge on any atom is 0.228 e. The van der Waals surface area contributed by atoms with Crippen LogP contribution in [0.2, 0.25) is 0 Å². The van der Waals surface area contributed by atoms with Crippen molar-refractivity contribution >= 4 is 45.3 Å². The highest BCUT2D eigenvalue weighted by molar-refractivity contribution is 7.14. The molecule has 4 rings (SSSR count). The Morgan fingerprint density at radius 2 is 2.04 bits per heavy atom. The number of thiazole rings is 1. The van der Waals surface area contributed by atoms with Crippen LogP contribution >= 0.6 is 11.3 Å². The van der Waals surface area contributed by atoms with Crippen molar-refractivity contribution in [3.8, 4) is 11.3 Å². The van der Waals surface area contributed by atoms with Gasteiger partial charge in [-0.15, -0.1) is 11.3 Å². The molecule has 0 spiro atoms. The van der Waals surface area contributed by atoms with E-state index < -0.39 is 0 Å². The van der Waals surface area contributed by atoms with E-state index in [4.69, 9.17) is 0 Å². The summed E-state index contributed by atoms with van der Waals surface area (Å²) in [5.74, 6) is -0.0832. The van der Waals surface area contributed by atoms with Crippen LogP contribution in [0.5, 0.6) is 0 Å². The van der Waals surface area contributed by atoms with E-state index in [9.17, 15) is 9.59 Å². The number of amides is 2. The SMILES string of the molecule is CC(=O)Nc1cccc(Nc2nc(-c3ccc4c(c3)CC(=O)N4)cs2)c1. The maximum absolute atomic E-state index is 11.5. The highest BCUT2D eigenvalue weighted by Crippen LogP contribution is 2.32. The summed E-state index contributed by atoms with van der Waals surface area (Å²) in [4.78, 5) is 27.3. The molecule has 0 fully saturated rings. The van der Waals surface area contributed by atoms with E-state index in [1.165, 1.54) is 18.3 Å². The van der Waals surface area contributed by atoms with Crippen LogP contribution in [0.3, 0.4) is 0 Å². The fourth-order valence-electron chi connectivity index (χ4n) is 2.85. The van der Waals surface area contributed by atoms with Gasteiger partial charge in [-0.3, -0.25) is 9.59 Å². The number of hydrogen-bond acceptors (Lipinski definition) is 5. The largest absolute Gasteiger partial charge is 0.331 e. The standard InChI is InChI=1S/C19H16N4O2S/c1-11(24)20-14-3-2-4-15(9-14)21-19-23-17(10-26-19)12-5-6-16-13(7-12)8-18(25)22-16/h2-7,9-10H,8H2,1H3,(H,20,24)(H,21,23)(H,22,25). The van der Waals surface area contributed by atoms with Crippen LogP contribution in [0.15, 0.2) is 47.8 Å². The summed E-state index contributed by atoms with van der Waals surface area (Å²) in [6.45, 7) is 1.48. The van der Waals surface area contributed by atoms with Crippen molar-refractivity contribution in [2.75, 3.05) is 16.0 Å². The molecule has 0 unspecified atom stereocenters. The third-order valence-corrected chi connectivity index (χ3v) is 4.72. The molecule has 2 heterocycles. The average Bonchev–Trinajstić information content (AvgIpc) is 3.19. The Kier molecular flexibility index (Phi) is 4.14. The van der Waals surface area contributed by atoms with E-state index in [1.54, 1.807) is 0 Å². The van der Waals surface area contributed by atoms with Crippen molar-refractivity contribution in [3.63, 3.8) is 0 Å². The first-order valence-electron chi connectivity index (χ1n) is 8.10. The summed E-state index contributed by atoms with van der Waals surface area (Å²) in [6.07, 6.45) is 0.411. The van der Waals surface area contributed by atoms with Crippen LogP contribution in [0, 0.1) is 0 Å². The molecule has 0 radical (unpaired) electrons. The minimum Gasteiger partial charge on any atom is -0.331 e. The molecule has 0 saturated carbocycles. The average molecular weight is 364 g/mol. The van der Waals surface area contributed by atoms with Crippen molar-refractivity contribution in [1.82, 2.24) is 4.98 Å². The first-order valence-corrected chi connectivity index (χ1v) is 8.98. The summed E-state index contributed by atoms with van der Waals surface area (Å²) < 4.78 is 0. The predicted molar refractivity (Wildman–Crippen MR) is 104 cm³/mol. The van der Waals surface area contributed by atoms with E-state index in [1.807, 2.05) is 47.8 Å². The Balaban J connectivity index is 1.53. The molecule has 1 aromatic heterocycles. The Morgan fingerprint density at radius 1 is 1.19 bits per heavy atom. The number of carbonyl (C=O) groups excluding carboxylic acids is 2. The van der Waals surface area contributed by atoms with Crippen LogP contribution in [0.4, 0.5) is 22.2 Å². The van der Waals surface area contributed by atoms with Gasteiger partial charge < -0.3 is 16.0 Å². The second-order valence-corrected chi connectivity index (χ2v) is 6.88. The number of nitrogens with zero attached hydrogens (tertiary/aromatic N) is 1. The molecule has 2 amide bonds. The fraction of sp³-hybridized carbons (Fsp3) is 0.105. The molecule has 1 aliphatic heterocycles. The van der Waals surface area contributed by atoms with Crippen LogP contribution in [0.25, 0.3) is 11.3 Å². The molecule has 7 heteroatoms. The van der Waals surface area contributed by atoms with Gasteiger partial charge in [-0.2, -0.15) is 0 Å². The highest BCUT2D eigenvalue weighted by atomic mass is 32.1. The molecule has 0 bridgehead atoms. The third-order valence-electron chi connectivity index (χ3n) is 3.96. The van der Waals surface area contributed by atoms with Crippen molar-refractivity contribution in [3.05, 3.63) is 53.4 Å². The Morgan fingerprint density at radius 3 is 2.88 bits per heavy atom. The quantitative estimate of drug-likeness (QED) is 0.653. The number of anilines is 4. The van der Waals surface area contributed by atoms with Gasteiger partial charge in [0, 0.05) is 34.9 Å². The zero-order valence-electron chi connectivity index (χ0n) is 14.0. The fourth-order valence-corrected chi connectivity index (χ4v) is 3.59. The number of carbonyl (C=O) groups is 2. The van der Waals surface area contributed by atoms with Crippen LogP contribution in [-0.4, -0.2) is 16.8 Å². The van der Waals surface area contributed by atoms with Gasteiger partial charge >= 0.3 is 0 Å². The summed E-state index contributed by atoms with van der Waals surface area (Å²) in [5, 5.41) is 11.6. The van der Waals surface area contributed by atoms with Crippen molar-refractivity contribution in [2.45, 2.75) is 13.3 Å². The summed E-state index contributed by atoms with van der Waals surface area (Å²) in [7, 11) is 0. The molecule has 0 atom stereocenters. The Hall–Kier alpha value is -3.19. The van der Waals surface area contributed by atoms with Gasteiger partial charge in [0.2, 0.25) is 11.8 Å². The molecule has 6 nitrogen and oxygen atoms in total. The minimum atomic E-state index is -0.108. The number of aromatic nitrogens is 1. The normalized spacial score (nSPS) is 12.4. The number of fused-ring (bicyclic) bond motifs is 1. The summed E-state index contributed by atoms with van der Waals surface area (Å²) in [6, 6.07) is 13.4. The predicted octanol–water partition coefficient (Wildman–Crippen LogP) is 4.01. The lowest BCUT2D eigenvalue weighted by atomic mass is 10.1. The van der Waals surface area contributed by atoms with E-state index in [-0.39, 0.29) is 11.8 Å². The van der Waals surface area contributed by atoms with Gasteiger partial charge in [0.05, 0.1) is 12.1 Å². The van der Waals surface area contributed by atoms with Gasteiger partial charge in [0.1, 0.15) is 0 Å². The van der Waals surface area contributed by atoms with Gasteiger partial charge in [-0.25, -0.2) is 4.98 Å². The van der Waals surface area contributed by atoms with E-state index in [0.29, 0.717) is 6.42 Å². The van der Waals surface area contributed by atoms with Gasteiger partial charge in [-0.1, -0.05) is 12.1 Å². The van der Waals surface area contributed by atoms with Crippen LogP contribution in [-0.2, 0) is 16.0 Å². The highest BCUT2D eigenvalue weighted by Gasteiger charge is 2.18. The number of benzene rings is 2. The first kappa shape index (κ1) is 16.3. The molecular weight excluding hydrogens is 348 g/mol. The summed E-state index contributed by atoms with van der Waals surface area (Å²) in [5.41, 5.74) is 5.30. The third kappa shape index (κ3) is 3.43. The summed E-state index contributed by atoms with van der Waals surface area (Å²) >= 11 is 1.50. The van der Waals surface area contributed by atoms with Crippen LogP contribution in [0.1, 0.15) is 12.5 Å². The number of nitrogens with one attached hydrogen (secondary N) is 3. The number of rotatable bonds is 4. The zero-order valence-corrected chi connectivity index (χ0v) is 14.8. The molecule has 3 N–H and O–H groups in total. The van der Waals surface area contributed by atoms with E-state index >= 15 is 0 Å². The molecule has 130 valence electrons. The minimum absolute atomic E-state index is 0.0248. The molecule has 3 aromatic rings. The maximum atomic E-state index is 11.5. The van der Waals surface area contributed by atoms with Crippen LogP contribution < -0.4 is 16.0 Å². The van der Waals surface area contributed by atoms with E-state index in [2.05, 4.69) is 20.9 Å². The Bertz CT molecular complexity index is 1010. The van der Waals surface area contributed by atoms with Gasteiger partial charge in [0.15, 0.2) is 5.13 Å². The topological polar surface area (TPSA) is 83.1 Å². The van der Waals surface area contributed by atoms with Crippen molar-refractivity contribution < 1.29 is 9.59 Å². The van der Waals surface area contributed by atoms with Gasteiger partial charge in [-0.05, 0) is 35.9 Å². The molecular formula is C19H16N4O2S. The lowest BCUT2D eigenvalue weighted by Crippen LogP contribution is -2.05. The number of hydrogen-bond donors (Lipinski definition) is 3. The van der Waals surface area contributed by atoms with Gasteiger partial charge in [0.25, 0.3) is 0 Å². The first-order chi connectivity index (χ1) is 12.6. The molecule has 1 aliphatic rings. The second kappa shape index (κ2) is 6.61.